The van der Waals surface area contributed by atoms with E-state index in [4.69, 9.17) is 5.21 Å². The van der Waals surface area contributed by atoms with Gasteiger partial charge in [0.1, 0.15) is 0 Å². The summed E-state index contributed by atoms with van der Waals surface area (Å²) in [7, 11) is 0. The first-order valence-corrected chi connectivity index (χ1v) is 8.47. The summed E-state index contributed by atoms with van der Waals surface area (Å²) in [5, 5.41) is 18.4. The molecule has 132 valence electrons. The molecule has 0 heterocycles. The second-order valence-electron chi connectivity index (χ2n) is 4.58. The van der Waals surface area contributed by atoms with Crippen molar-refractivity contribution in [3.63, 3.8) is 0 Å². The lowest BCUT2D eigenvalue weighted by Gasteiger charge is -2.11. The van der Waals surface area contributed by atoms with E-state index in [0.29, 0.717) is 0 Å². The average molecular weight is 331 g/mol. The van der Waals surface area contributed by atoms with Gasteiger partial charge in [-0.25, -0.2) is 5.48 Å². The van der Waals surface area contributed by atoms with Gasteiger partial charge in [-0.2, -0.15) is 0 Å². The first-order valence-electron chi connectivity index (χ1n) is 8.47. The predicted octanol–water partition coefficient (Wildman–Crippen LogP) is 4.73. The number of aliphatic hydroxyl groups is 1. The molecule has 24 heavy (non-hydrogen) atoms. The number of carbonyl (C=O) groups is 1. The molecule has 0 aromatic heterocycles. The third kappa shape index (κ3) is 7.40. The Morgan fingerprint density at radius 1 is 0.917 bits per heavy atom. The molecule has 3 N–H and O–H groups in total. The summed E-state index contributed by atoms with van der Waals surface area (Å²) in [5.41, 5.74) is 4.51. The highest BCUT2D eigenvalue weighted by Gasteiger charge is 2.10. The predicted molar refractivity (Wildman–Crippen MR) is 98.7 cm³/mol. The number of hydroxylamine groups is 1. The lowest BCUT2D eigenvalue weighted by Crippen LogP contribution is -2.18. The molecule has 0 aliphatic carbocycles. The summed E-state index contributed by atoms with van der Waals surface area (Å²) >= 11 is 0. The molecule has 0 aliphatic rings. The van der Waals surface area contributed by atoms with Crippen LogP contribution in [-0.4, -0.2) is 16.2 Å². The third-order valence-corrected chi connectivity index (χ3v) is 3.17. The molecule has 0 radical (unpaired) electrons. The average Bonchev–Trinajstić information content (AvgIpc) is 2.69. The summed E-state index contributed by atoms with van der Waals surface area (Å²) in [5.74, 6) is -0.495. The van der Waals surface area contributed by atoms with E-state index in [2.05, 4.69) is 0 Å². The van der Waals surface area contributed by atoms with Crippen LogP contribution in [0.2, 0.25) is 0 Å². The number of hydrogen-bond acceptors (Lipinski definition) is 3. The van der Waals surface area contributed by atoms with Crippen molar-refractivity contribution in [1.82, 2.24) is 5.48 Å². The second-order valence-corrected chi connectivity index (χ2v) is 4.58. The van der Waals surface area contributed by atoms with Crippen molar-refractivity contribution in [1.29, 1.82) is 0 Å². The van der Waals surface area contributed by atoms with E-state index in [9.17, 15) is 9.90 Å². The van der Waals surface area contributed by atoms with Crippen molar-refractivity contribution in [2.45, 2.75) is 46.6 Å². The fourth-order valence-corrected chi connectivity index (χ4v) is 2.02. The molecule has 0 saturated heterocycles. The van der Waals surface area contributed by atoms with Crippen molar-refractivity contribution >= 4 is 5.91 Å². The molecule has 2 rings (SSSR count). The molecule has 0 saturated carbocycles. The smallest absolute Gasteiger partial charge is 0.243 e. The normalized spacial score (nSPS) is 10.4. The van der Waals surface area contributed by atoms with Crippen LogP contribution >= 0.6 is 0 Å². The molecule has 2 aromatic rings. The van der Waals surface area contributed by atoms with Crippen molar-refractivity contribution in [3.8, 4) is 11.1 Å². The number of amides is 1. The zero-order chi connectivity index (χ0) is 18.4. The van der Waals surface area contributed by atoms with Gasteiger partial charge in [0, 0.05) is 6.42 Å². The van der Waals surface area contributed by atoms with Gasteiger partial charge in [-0.05, 0) is 23.1 Å². The van der Waals surface area contributed by atoms with Gasteiger partial charge in [0.25, 0.3) is 0 Å². The standard InChI is InChI=1S/C16H17NO3.2C2H6/c18-15(10-11-16(19)17-20)14-8-6-13(7-9-14)12-4-2-1-3-5-12;2*1-2/h1-9,15,18,20H,10-11H2,(H,17,19);2*1-2H3. The fraction of sp³-hybridized carbons (Fsp3) is 0.350. The van der Waals surface area contributed by atoms with Gasteiger partial charge in [0.15, 0.2) is 0 Å². The Bertz CT molecular complexity index is 553. The van der Waals surface area contributed by atoms with Gasteiger partial charge in [-0.1, -0.05) is 82.3 Å². The number of hydrogen-bond donors (Lipinski definition) is 3. The maximum Gasteiger partial charge on any atom is 0.243 e. The van der Waals surface area contributed by atoms with Crippen molar-refractivity contribution in [2.75, 3.05) is 0 Å². The highest BCUT2D eigenvalue weighted by Crippen LogP contribution is 2.23. The van der Waals surface area contributed by atoms with Crippen LogP contribution in [0.5, 0.6) is 0 Å². The van der Waals surface area contributed by atoms with Gasteiger partial charge >= 0.3 is 0 Å². The molecule has 0 bridgehead atoms. The van der Waals surface area contributed by atoms with Crippen LogP contribution in [-0.2, 0) is 4.79 Å². The van der Waals surface area contributed by atoms with E-state index in [0.717, 1.165) is 16.7 Å². The van der Waals surface area contributed by atoms with Crippen LogP contribution in [0.4, 0.5) is 0 Å². The highest BCUT2D eigenvalue weighted by atomic mass is 16.5. The molecule has 0 aliphatic heterocycles. The molecule has 0 spiro atoms. The van der Waals surface area contributed by atoms with Gasteiger partial charge in [-0.3, -0.25) is 10.0 Å². The van der Waals surface area contributed by atoms with Crippen molar-refractivity contribution < 1.29 is 15.1 Å². The SMILES string of the molecule is CC.CC.O=C(CCC(O)c1ccc(-c2ccccc2)cc1)NO. The van der Waals surface area contributed by atoms with Gasteiger partial charge in [-0.15, -0.1) is 0 Å². The van der Waals surface area contributed by atoms with Gasteiger partial charge in [0.05, 0.1) is 6.10 Å². The Hall–Kier alpha value is -2.17. The summed E-state index contributed by atoms with van der Waals surface area (Å²) < 4.78 is 0. The fourth-order valence-electron chi connectivity index (χ4n) is 2.02. The Labute approximate surface area is 145 Å². The molecule has 0 fully saturated rings. The number of aliphatic hydroxyl groups excluding tert-OH is 1. The minimum Gasteiger partial charge on any atom is -0.388 e. The topological polar surface area (TPSA) is 69.6 Å². The van der Waals surface area contributed by atoms with Crippen LogP contribution in [0.25, 0.3) is 11.1 Å². The molecule has 4 heteroatoms. The van der Waals surface area contributed by atoms with E-state index in [1.54, 1.807) is 5.48 Å². The summed E-state index contributed by atoms with van der Waals surface area (Å²) in [6.07, 6.45) is -0.355. The molecular weight excluding hydrogens is 302 g/mol. The second kappa shape index (κ2) is 13.3. The van der Waals surface area contributed by atoms with Crippen LogP contribution in [0.1, 0.15) is 52.2 Å². The minimum atomic E-state index is -0.711. The summed E-state index contributed by atoms with van der Waals surface area (Å²) in [6.45, 7) is 8.00. The lowest BCUT2D eigenvalue weighted by atomic mass is 10.00. The monoisotopic (exact) mass is 331 g/mol. The molecule has 2 aromatic carbocycles. The molecule has 1 amide bonds. The van der Waals surface area contributed by atoms with Crippen LogP contribution in [0, 0.1) is 0 Å². The van der Waals surface area contributed by atoms with E-state index < -0.39 is 12.0 Å². The van der Waals surface area contributed by atoms with Crippen molar-refractivity contribution in [2.24, 2.45) is 0 Å². The molecule has 1 unspecified atom stereocenters. The Balaban J connectivity index is 0.00000123. The first-order chi connectivity index (χ1) is 11.7. The molecular formula is C20H29NO3. The summed E-state index contributed by atoms with van der Waals surface area (Å²) in [6, 6.07) is 17.6. The maximum absolute atomic E-state index is 10.9. The molecule has 4 nitrogen and oxygen atoms in total. The maximum atomic E-state index is 10.9. The quantitative estimate of drug-likeness (QED) is 0.548. The number of carbonyl (C=O) groups excluding carboxylic acids is 1. The highest BCUT2D eigenvalue weighted by molar-refractivity contribution is 5.74. The Kier molecular flexibility index (Phi) is 12.1. The van der Waals surface area contributed by atoms with E-state index >= 15 is 0 Å². The van der Waals surface area contributed by atoms with E-state index in [-0.39, 0.29) is 12.8 Å². The largest absolute Gasteiger partial charge is 0.388 e. The summed E-state index contributed by atoms with van der Waals surface area (Å²) in [4.78, 5) is 10.9. The van der Waals surface area contributed by atoms with Crippen LogP contribution in [0.3, 0.4) is 0 Å². The van der Waals surface area contributed by atoms with Crippen LogP contribution in [0.15, 0.2) is 54.6 Å². The Morgan fingerprint density at radius 2 is 1.42 bits per heavy atom. The number of benzene rings is 2. The zero-order valence-electron chi connectivity index (χ0n) is 15.0. The number of rotatable bonds is 5. The van der Waals surface area contributed by atoms with E-state index in [1.807, 2.05) is 82.3 Å². The third-order valence-electron chi connectivity index (χ3n) is 3.17. The van der Waals surface area contributed by atoms with Crippen molar-refractivity contribution in [3.05, 3.63) is 60.2 Å². The minimum absolute atomic E-state index is 0.0815. The Morgan fingerprint density at radius 3 is 1.92 bits per heavy atom. The first kappa shape index (κ1) is 21.8. The zero-order valence-corrected chi connectivity index (χ0v) is 15.0. The van der Waals surface area contributed by atoms with Crippen LogP contribution < -0.4 is 5.48 Å². The van der Waals surface area contributed by atoms with E-state index in [1.165, 1.54) is 0 Å². The lowest BCUT2D eigenvalue weighted by molar-refractivity contribution is -0.129. The molecule has 1 atom stereocenters. The number of nitrogens with one attached hydrogen (secondary N) is 1. The van der Waals surface area contributed by atoms with Gasteiger partial charge in [0.2, 0.25) is 5.91 Å². The van der Waals surface area contributed by atoms with Gasteiger partial charge < -0.3 is 5.11 Å².